The van der Waals surface area contributed by atoms with Crippen molar-refractivity contribution >= 4 is 29.0 Å². The Kier molecular flexibility index (Phi) is 5.85. The lowest BCUT2D eigenvalue weighted by atomic mass is 10.1. The lowest BCUT2D eigenvalue weighted by Crippen LogP contribution is -2.12. The molecule has 0 bridgehead atoms. The molecular weight excluding hydrogens is 360 g/mol. The van der Waals surface area contributed by atoms with Gasteiger partial charge in [0.1, 0.15) is 5.75 Å². The van der Waals surface area contributed by atoms with Gasteiger partial charge in [0, 0.05) is 6.54 Å². The zero-order valence-electron chi connectivity index (χ0n) is 15.3. The van der Waals surface area contributed by atoms with Crippen molar-refractivity contribution in [2.75, 3.05) is 30.0 Å². The quantitative estimate of drug-likeness (QED) is 0.401. The average molecular weight is 380 g/mol. The number of rotatable bonds is 8. The number of aromatic nitrogens is 2. The van der Waals surface area contributed by atoms with Gasteiger partial charge in [-0.15, -0.1) is 0 Å². The van der Waals surface area contributed by atoms with Crippen molar-refractivity contribution in [1.29, 1.82) is 0 Å². The van der Waals surface area contributed by atoms with E-state index in [9.17, 15) is 10.1 Å². The highest BCUT2D eigenvalue weighted by Crippen LogP contribution is 2.34. The first-order valence-electron chi connectivity index (χ1n) is 8.58. The molecule has 0 amide bonds. The van der Waals surface area contributed by atoms with E-state index < -0.39 is 4.92 Å². The van der Waals surface area contributed by atoms with Crippen LogP contribution in [0.15, 0.2) is 54.6 Å². The Morgan fingerprint density at radius 2 is 1.82 bits per heavy atom. The van der Waals surface area contributed by atoms with E-state index in [0.717, 1.165) is 12.0 Å². The van der Waals surface area contributed by atoms with Crippen LogP contribution in [0.3, 0.4) is 0 Å². The fraction of sp³-hybridized carbons (Fsp3) is 0.158. The standard InChI is InChI=1S/C19H20N6O3/c1-28-15-10-6-5-9-14(15)22-18-16(25(26)27)17(20)23-19(24-18)21-12-11-13-7-3-2-4-8-13/h2-10H,11-12H2,1H3,(H4,20,21,22,23,24). The second-order valence-corrected chi connectivity index (χ2v) is 5.87. The molecule has 3 aromatic rings. The van der Waals surface area contributed by atoms with Crippen molar-refractivity contribution in [3.63, 3.8) is 0 Å². The molecule has 0 aliphatic rings. The summed E-state index contributed by atoms with van der Waals surface area (Å²) in [5.74, 6) is 0.493. The Bertz CT molecular complexity index is 965. The van der Waals surface area contributed by atoms with Gasteiger partial charge in [-0.2, -0.15) is 9.97 Å². The Balaban J connectivity index is 1.84. The van der Waals surface area contributed by atoms with Crippen molar-refractivity contribution in [1.82, 2.24) is 9.97 Å². The molecular formula is C19H20N6O3. The molecule has 2 aromatic carbocycles. The van der Waals surface area contributed by atoms with Crippen molar-refractivity contribution in [3.05, 3.63) is 70.3 Å². The van der Waals surface area contributed by atoms with Crippen LogP contribution < -0.4 is 21.1 Å². The molecule has 0 aliphatic carbocycles. The van der Waals surface area contributed by atoms with Crippen LogP contribution in [0.25, 0.3) is 0 Å². The highest BCUT2D eigenvalue weighted by Gasteiger charge is 2.24. The summed E-state index contributed by atoms with van der Waals surface area (Å²) in [4.78, 5) is 19.1. The summed E-state index contributed by atoms with van der Waals surface area (Å²) in [5.41, 5.74) is 7.12. The molecule has 9 nitrogen and oxygen atoms in total. The van der Waals surface area contributed by atoms with E-state index >= 15 is 0 Å². The summed E-state index contributed by atoms with van der Waals surface area (Å²) >= 11 is 0. The largest absolute Gasteiger partial charge is 0.495 e. The fourth-order valence-corrected chi connectivity index (χ4v) is 2.66. The lowest BCUT2D eigenvalue weighted by molar-refractivity contribution is -0.383. The van der Waals surface area contributed by atoms with Crippen molar-refractivity contribution in [3.8, 4) is 5.75 Å². The summed E-state index contributed by atoms with van der Waals surface area (Å²) < 4.78 is 5.27. The number of benzene rings is 2. The number of nitrogens with zero attached hydrogens (tertiary/aromatic N) is 3. The maximum Gasteiger partial charge on any atom is 0.353 e. The Morgan fingerprint density at radius 3 is 2.54 bits per heavy atom. The van der Waals surface area contributed by atoms with E-state index in [4.69, 9.17) is 10.5 Å². The molecule has 0 saturated heterocycles. The number of hydrogen-bond acceptors (Lipinski definition) is 8. The predicted octanol–water partition coefficient (Wildman–Crippen LogP) is 3.37. The molecule has 1 aromatic heterocycles. The zero-order chi connectivity index (χ0) is 19.9. The first kappa shape index (κ1) is 18.9. The number of ether oxygens (including phenoxy) is 1. The van der Waals surface area contributed by atoms with Gasteiger partial charge in [-0.3, -0.25) is 10.1 Å². The molecule has 0 aliphatic heterocycles. The minimum absolute atomic E-state index is 0.00999. The summed E-state index contributed by atoms with van der Waals surface area (Å²) in [6, 6.07) is 16.9. The van der Waals surface area contributed by atoms with E-state index in [0.29, 0.717) is 18.0 Å². The van der Waals surface area contributed by atoms with Gasteiger partial charge in [-0.25, -0.2) is 0 Å². The number of nitrogen functional groups attached to an aromatic ring is 1. The first-order valence-corrected chi connectivity index (χ1v) is 8.58. The van der Waals surface area contributed by atoms with Crippen LogP contribution in [0.4, 0.5) is 29.0 Å². The molecule has 3 rings (SSSR count). The Morgan fingerprint density at radius 1 is 1.11 bits per heavy atom. The van der Waals surface area contributed by atoms with Gasteiger partial charge in [-0.05, 0) is 24.1 Å². The van der Waals surface area contributed by atoms with Gasteiger partial charge in [-0.1, -0.05) is 42.5 Å². The van der Waals surface area contributed by atoms with Crippen LogP contribution in [0, 0.1) is 10.1 Å². The van der Waals surface area contributed by atoms with Gasteiger partial charge in [0.25, 0.3) is 0 Å². The number of methoxy groups -OCH3 is 1. The van der Waals surface area contributed by atoms with Gasteiger partial charge >= 0.3 is 5.69 Å². The number of nitrogens with one attached hydrogen (secondary N) is 2. The third-order valence-corrected chi connectivity index (χ3v) is 3.99. The van der Waals surface area contributed by atoms with Gasteiger partial charge in [0.05, 0.1) is 17.7 Å². The van der Waals surface area contributed by atoms with Gasteiger partial charge < -0.3 is 21.1 Å². The topological polar surface area (TPSA) is 128 Å². The van der Waals surface area contributed by atoms with Crippen LogP contribution >= 0.6 is 0 Å². The van der Waals surface area contributed by atoms with Crippen LogP contribution in [0.1, 0.15) is 5.56 Å². The van der Waals surface area contributed by atoms with Crippen molar-refractivity contribution in [2.24, 2.45) is 0 Å². The molecule has 9 heteroatoms. The number of nitro groups is 1. The van der Waals surface area contributed by atoms with Crippen LogP contribution in [0.5, 0.6) is 5.75 Å². The molecule has 4 N–H and O–H groups in total. The van der Waals surface area contributed by atoms with Crippen molar-refractivity contribution in [2.45, 2.75) is 6.42 Å². The zero-order valence-corrected chi connectivity index (χ0v) is 15.3. The molecule has 1 heterocycles. The highest BCUT2D eigenvalue weighted by molar-refractivity contribution is 5.76. The molecule has 0 saturated carbocycles. The third-order valence-electron chi connectivity index (χ3n) is 3.99. The van der Waals surface area contributed by atoms with Crippen LogP contribution in [-0.2, 0) is 6.42 Å². The smallest absolute Gasteiger partial charge is 0.353 e. The van der Waals surface area contributed by atoms with E-state index in [2.05, 4.69) is 20.6 Å². The molecule has 0 fully saturated rings. The second kappa shape index (κ2) is 8.67. The Labute approximate surface area is 161 Å². The maximum atomic E-state index is 11.5. The normalized spacial score (nSPS) is 10.3. The van der Waals surface area contributed by atoms with Gasteiger partial charge in [0.2, 0.25) is 17.6 Å². The molecule has 0 unspecified atom stereocenters. The first-order chi connectivity index (χ1) is 13.6. The van der Waals surface area contributed by atoms with E-state index in [1.165, 1.54) is 7.11 Å². The Hall–Kier alpha value is -3.88. The predicted molar refractivity (Wildman–Crippen MR) is 108 cm³/mol. The minimum atomic E-state index is -0.610. The summed E-state index contributed by atoms with van der Waals surface area (Å²) in [5, 5.41) is 17.4. The van der Waals surface area contributed by atoms with Gasteiger partial charge in [0.15, 0.2) is 0 Å². The lowest BCUT2D eigenvalue weighted by Gasteiger charge is -2.12. The van der Waals surface area contributed by atoms with Crippen LogP contribution in [0.2, 0.25) is 0 Å². The van der Waals surface area contributed by atoms with E-state index in [1.807, 2.05) is 30.3 Å². The second-order valence-electron chi connectivity index (χ2n) is 5.87. The highest BCUT2D eigenvalue weighted by atomic mass is 16.6. The number of para-hydroxylation sites is 2. The number of hydrogen-bond donors (Lipinski definition) is 3. The van der Waals surface area contributed by atoms with Crippen molar-refractivity contribution < 1.29 is 9.66 Å². The average Bonchev–Trinajstić information content (AvgIpc) is 2.68. The molecule has 0 spiro atoms. The molecule has 144 valence electrons. The van der Waals surface area contributed by atoms with E-state index in [1.54, 1.807) is 24.3 Å². The summed E-state index contributed by atoms with van der Waals surface area (Å²) in [7, 11) is 1.51. The summed E-state index contributed by atoms with van der Waals surface area (Å²) in [6.07, 6.45) is 0.746. The monoisotopic (exact) mass is 380 g/mol. The number of nitrogens with two attached hydrogens (primary N) is 1. The third kappa shape index (κ3) is 4.44. The maximum absolute atomic E-state index is 11.5. The van der Waals surface area contributed by atoms with E-state index in [-0.39, 0.29) is 23.3 Å². The molecule has 28 heavy (non-hydrogen) atoms. The fourth-order valence-electron chi connectivity index (χ4n) is 2.66. The molecule has 0 radical (unpaired) electrons. The summed E-state index contributed by atoms with van der Waals surface area (Å²) in [6.45, 7) is 0.551. The SMILES string of the molecule is COc1ccccc1Nc1nc(NCCc2ccccc2)nc(N)c1[N+](=O)[O-]. The minimum Gasteiger partial charge on any atom is -0.495 e. The molecule has 0 atom stereocenters. The van der Waals surface area contributed by atoms with Crippen LogP contribution in [-0.4, -0.2) is 28.5 Å². The number of anilines is 4.